The second kappa shape index (κ2) is 3.91. The molecule has 0 atom stereocenters. The number of phenolic OH excluding ortho intramolecular Hbond substituents is 1. The Labute approximate surface area is 86.0 Å². The molecule has 0 aliphatic carbocycles. The molecule has 0 spiro atoms. The highest BCUT2D eigenvalue weighted by Crippen LogP contribution is 2.19. The minimum atomic E-state index is 0.125. The number of hydrogen-bond acceptors (Lipinski definition) is 4. The lowest BCUT2D eigenvalue weighted by molar-refractivity contribution is -0.107. The van der Waals surface area contributed by atoms with Gasteiger partial charge in [0, 0.05) is 6.42 Å². The number of aromatic hydroxyl groups is 1. The first-order valence-electron chi connectivity index (χ1n) is 4.44. The molecule has 0 radical (unpaired) electrons. The van der Waals surface area contributed by atoms with Gasteiger partial charge in [-0.2, -0.15) is 0 Å². The lowest BCUT2D eigenvalue weighted by Gasteiger charge is -2.01. The molecule has 0 amide bonds. The maximum atomic E-state index is 10.3. The van der Waals surface area contributed by atoms with Crippen molar-refractivity contribution in [3.8, 4) is 11.4 Å². The van der Waals surface area contributed by atoms with E-state index in [1.165, 1.54) is 4.68 Å². The summed E-state index contributed by atoms with van der Waals surface area (Å²) >= 11 is 0. The van der Waals surface area contributed by atoms with Gasteiger partial charge in [-0.1, -0.05) is 17.3 Å². The van der Waals surface area contributed by atoms with Crippen LogP contribution in [0.5, 0.6) is 5.75 Å². The van der Waals surface area contributed by atoms with Crippen molar-refractivity contribution in [2.24, 2.45) is 0 Å². The third-order valence-corrected chi connectivity index (χ3v) is 1.96. The smallest absolute Gasteiger partial charge is 0.141 e. The zero-order valence-electron chi connectivity index (χ0n) is 7.87. The molecule has 1 aromatic carbocycles. The number of para-hydroxylation sites is 2. The number of carbonyl (C=O) groups is 1. The fourth-order valence-electron chi connectivity index (χ4n) is 1.25. The van der Waals surface area contributed by atoms with Gasteiger partial charge in [0.1, 0.15) is 17.7 Å². The molecule has 0 saturated heterocycles. The molecular weight excluding hydrogens is 194 g/mol. The van der Waals surface area contributed by atoms with Crippen LogP contribution in [0.1, 0.15) is 5.69 Å². The van der Waals surface area contributed by atoms with E-state index >= 15 is 0 Å². The summed E-state index contributed by atoms with van der Waals surface area (Å²) in [6, 6.07) is 6.79. The third kappa shape index (κ3) is 1.85. The predicted molar refractivity (Wildman–Crippen MR) is 52.8 cm³/mol. The van der Waals surface area contributed by atoms with Crippen LogP contribution >= 0.6 is 0 Å². The SMILES string of the molecule is O=CCc1cn(-c2ccccc2O)nn1. The summed E-state index contributed by atoms with van der Waals surface area (Å²) in [5.41, 5.74) is 1.12. The highest BCUT2D eigenvalue weighted by Gasteiger charge is 2.05. The van der Waals surface area contributed by atoms with Crippen molar-refractivity contribution in [1.82, 2.24) is 15.0 Å². The molecule has 5 nitrogen and oxygen atoms in total. The standard InChI is InChI=1S/C10H9N3O2/c14-6-5-8-7-13(12-11-8)9-3-1-2-4-10(9)15/h1-4,6-7,15H,5H2. The van der Waals surface area contributed by atoms with Crippen LogP contribution in [-0.4, -0.2) is 26.4 Å². The molecule has 0 bridgehead atoms. The molecule has 0 aliphatic heterocycles. The molecule has 5 heteroatoms. The molecule has 1 aromatic heterocycles. The van der Waals surface area contributed by atoms with E-state index in [1.807, 2.05) is 0 Å². The summed E-state index contributed by atoms with van der Waals surface area (Å²) < 4.78 is 1.44. The van der Waals surface area contributed by atoms with Crippen LogP contribution in [0.15, 0.2) is 30.5 Å². The summed E-state index contributed by atoms with van der Waals surface area (Å²) in [6.45, 7) is 0. The van der Waals surface area contributed by atoms with Crippen LogP contribution in [0.4, 0.5) is 0 Å². The average Bonchev–Trinajstić information content (AvgIpc) is 2.68. The molecule has 0 fully saturated rings. The normalized spacial score (nSPS) is 10.1. The lowest BCUT2D eigenvalue weighted by atomic mass is 10.3. The van der Waals surface area contributed by atoms with Crippen LogP contribution < -0.4 is 0 Å². The van der Waals surface area contributed by atoms with Gasteiger partial charge >= 0.3 is 0 Å². The number of aromatic nitrogens is 3. The van der Waals surface area contributed by atoms with Crippen molar-refractivity contribution >= 4 is 6.29 Å². The number of rotatable bonds is 3. The fourth-order valence-corrected chi connectivity index (χ4v) is 1.25. The summed E-state index contributed by atoms with van der Waals surface area (Å²) in [5.74, 6) is 0.125. The van der Waals surface area contributed by atoms with Gasteiger partial charge < -0.3 is 9.90 Å². The van der Waals surface area contributed by atoms with Gasteiger partial charge in [-0.3, -0.25) is 0 Å². The van der Waals surface area contributed by atoms with E-state index in [-0.39, 0.29) is 12.2 Å². The van der Waals surface area contributed by atoms with Crippen molar-refractivity contribution in [3.05, 3.63) is 36.2 Å². The zero-order valence-corrected chi connectivity index (χ0v) is 7.87. The first-order chi connectivity index (χ1) is 7.31. The maximum Gasteiger partial charge on any atom is 0.141 e. The summed E-state index contributed by atoms with van der Waals surface area (Å²) in [5, 5.41) is 17.2. The quantitative estimate of drug-likeness (QED) is 0.746. The molecule has 0 aliphatic rings. The van der Waals surface area contributed by atoms with Crippen LogP contribution in [0.2, 0.25) is 0 Å². The Balaban J connectivity index is 2.37. The Kier molecular flexibility index (Phi) is 2.45. The third-order valence-electron chi connectivity index (χ3n) is 1.96. The molecule has 2 rings (SSSR count). The van der Waals surface area contributed by atoms with Gasteiger partial charge in [0.25, 0.3) is 0 Å². The highest BCUT2D eigenvalue weighted by atomic mass is 16.3. The summed E-state index contributed by atoms with van der Waals surface area (Å²) in [4.78, 5) is 10.3. The largest absolute Gasteiger partial charge is 0.506 e. The molecule has 15 heavy (non-hydrogen) atoms. The van der Waals surface area contributed by atoms with Gasteiger partial charge in [0.15, 0.2) is 0 Å². The first-order valence-corrected chi connectivity index (χ1v) is 4.44. The van der Waals surface area contributed by atoms with Crippen LogP contribution in [0.3, 0.4) is 0 Å². The second-order valence-electron chi connectivity index (χ2n) is 3.01. The zero-order chi connectivity index (χ0) is 10.7. The minimum absolute atomic E-state index is 0.125. The topological polar surface area (TPSA) is 68.0 Å². The van der Waals surface area contributed by atoms with Crippen molar-refractivity contribution in [3.63, 3.8) is 0 Å². The van der Waals surface area contributed by atoms with E-state index in [4.69, 9.17) is 0 Å². The Morgan fingerprint density at radius 2 is 2.20 bits per heavy atom. The van der Waals surface area contributed by atoms with Crippen molar-refractivity contribution < 1.29 is 9.90 Å². The summed E-state index contributed by atoms with van der Waals surface area (Å²) in [6.07, 6.45) is 2.61. The number of carbonyl (C=O) groups excluding carboxylic acids is 1. The molecule has 1 heterocycles. The van der Waals surface area contributed by atoms with E-state index in [1.54, 1.807) is 30.5 Å². The van der Waals surface area contributed by atoms with Gasteiger partial charge in [-0.05, 0) is 12.1 Å². The van der Waals surface area contributed by atoms with E-state index in [0.717, 1.165) is 6.29 Å². The van der Waals surface area contributed by atoms with Crippen molar-refractivity contribution in [2.75, 3.05) is 0 Å². The number of benzene rings is 1. The average molecular weight is 203 g/mol. The Hall–Kier alpha value is -2.17. The molecule has 76 valence electrons. The van der Waals surface area contributed by atoms with Gasteiger partial charge in [0.05, 0.1) is 11.9 Å². The minimum Gasteiger partial charge on any atom is -0.506 e. The lowest BCUT2D eigenvalue weighted by Crippen LogP contribution is -1.94. The Morgan fingerprint density at radius 3 is 2.93 bits per heavy atom. The molecule has 2 aromatic rings. The molecular formula is C10H9N3O2. The number of phenols is 1. The van der Waals surface area contributed by atoms with Crippen LogP contribution in [0.25, 0.3) is 5.69 Å². The number of nitrogens with zero attached hydrogens (tertiary/aromatic N) is 3. The van der Waals surface area contributed by atoms with Crippen LogP contribution in [-0.2, 0) is 11.2 Å². The molecule has 0 saturated carbocycles. The summed E-state index contributed by atoms with van der Waals surface area (Å²) in [7, 11) is 0. The van der Waals surface area contributed by atoms with E-state index < -0.39 is 0 Å². The number of hydrogen-bond donors (Lipinski definition) is 1. The maximum absolute atomic E-state index is 10.3. The molecule has 0 unspecified atom stereocenters. The Bertz CT molecular complexity index is 479. The van der Waals surface area contributed by atoms with Gasteiger partial charge in [-0.15, -0.1) is 5.10 Å². The fraction of sp³-hybridized carbons (Fsp3) is 0.100. The van der Waals surface area contributed by atoms with E-state index in [2.05, 4.69) is 10.3 Å². The number of aldehydes is 1. The van der Waals surface area contributed by atoms with Gasteiger partial charge in [-0.25, -0.2) is 4.68 Å². The monoisotopic (exact) mass is 203 g/mol. The highest BCUT2D eigenvalue weighted by molar-refractivity contribution is 5.53. The predicted octanol–water partition coefficient (Wildman–Crippen LogP) is 0.714. The van der Waals surface area contributed by atoms with Crippen molar-refractivity contribution in [2.45, 2.75) is 6.42 Å². The van der Waals surface area contributed by atoms with Crippen molar-refractivity contribution in [1.29, 1.82) is 0 Å². The first kappa shape index (κ1) is 9.39. The molecule has 1 N–H and O–H groups in total. The Morgan fingerprint density at radius 1 is 1.40 bits per heavy atom. The van der Waals surface area contributed by atoms with E-state index in [0.29, 0.717) is 11.4 Å². The second-order valence-corrected chi connectivity index (χ2v) is 3.01. The van der Waals surface area contributed by atoms with Gasteiger partial charge in [0.2, 0.25) is 0 Å². The van der Waals surface area contributed by atoms with Crippen LogP contribution in [0, 0.1) is 0 Å². The van der Waals surface area contributed by atoms with E-state index in [9.17, 15) is 9.90 Å².